The first-order valence-corrected chi connectivity index (χ1v) is 8.15. The number of carbonyl (C=O) groups is 1. The molecule has 0 spiro atoms. The molecule has 2 aliphatic heterocycles. The van der Waals surface area contributed by atoms with Gasteiger partial charge in [-0.15, -0.1) is 0 Å². The summed E-state index contributed by atoms with van der Waals surface area (Å²) in [5.41, 5.74) is 0.967. The van der Waals surface area contributed by atoms with Gasteiger partial charge in [0.1, 0.15) is 0 Å². The topological polar surface area (TPSA) is 37.1 Å². The molecule has 0 saturated carbocycles. The monoisotopic (exact) mass is 322 g/mol. The molecule has 0 radical (unpaired) electrons. The summed E-state index contributed by atoms with van der Waals surface area (Å²) < 4.78 is 0. The highest BCUT2D eigenvalue weighted by molar-refractivity contribution is 8.18. The second kappa shape index (κ2) is 6.22. The minimum absolute atomic E-state index is 0.142. The van der Waals surface area contributed by atoms with Crippen molar-refractivity contribution in [3.63, 3.8) is 0 Å². The van der Waals surface area contributed by atoms with E-state index in [1.807, 2.05) is 30.3 Å². The average Bonchev–Trinajstić information content (AvgIpc) is 2.83. The van der Waals surface area contributed by atoms with E-state index in [9.17, 15) is 4.79 Å². The van der Waals surface area contributed by atoms with Crippen molar-refractivity contribution in [2.24, 2.45) is 4.99 Å². The lowest BCUT2D eigenvalue weighted by atomic mass is 10.2. The van der Waals surface area contributed by atoms with Gasteiger partial charge in [0.05, 0.1) is 38.1 Å². The van der Waals surface area contributed by atoms with Crippen LogP contribution in [0.15, 0.2) is 34.2 Å². The van der Waals surface area contributed by atoms with Gasteiger partial charge in [-0.05, 0) is 35.5 Å². The summed E-state index contributed by atoms with van der Waals surface area (Å²) >= 11 is 7.34. The van der Waals surface area contributed by atoms with Crippen LogP contribution in [0.1, 0.15) is 5.56 Å². The van der Waals surface area contributed by atoms with Crippen molar-refractivity contribution in [2.45, 2.75) is 0 Å². The van der Waals surface area contributed by atoms with Gasteiger partial charge in [0.25, 0.3) is 5.91 Å². The molecule has 1 fully saturated rings. The number of carbonyl (C=O) groups excluding carboxylic acids is 1. The molecular formula is C15H17ClN3OS+. The smallest absolute Gasteiger partial charge is 0.286 e. The number of hydrogen-bond acceptors (Lipinski definition) is 3. The first kappa shape index (κ1) is 14.6. The van der Waals surface area contributed by atoms with E-state index in [0.717, 1.165) is 36.9 Å². The fourth-order valence-electron chi connectivity index (χ4n) is 2.32. The highest BCUT2D eigenvalue weighted by atomic mass is 35.5. The minimum Gasteiger partial charge on any atom is -0.339 e. The molecule has 2 aliphatic rings. The molecule has 6 heteroatoms. The summed E-state index contributed by atoms with van der Waals surface area (Å²) in [5.74, 6) is -0.142. The maximum Gasteiger partial charge on any atom is 0.286 e. The fourth-order valence-corrected chi connectivity index (χ4v) is 3.41. The summed E-state index contributed by atoms with van der Waals surface area (Å²) in [5, 5.41) is 1.53. The molecule has 21 heavy (non-hydrogen) atoms. The first-order chi connectivity index (χ1) is 10.1. The molecule has 0 unspecified atom stereocenters. The fraction of sp³-hybridized carbons (Fsp3) is 0.333. The number of nitrogens with zero attached hydrogens (tertiary/aromatic N) is 2. The number of amidine groups is 1. The third kappa shape index (κ3) is 3.48. The first-order valence-electron chi connectivity index (χ1n) is 6.96. The quantitative estimate of drug-likeness (QED) is 0.788. The molecular weight excluding hydrogens is 306 g/mol. The Morgan fingerprint density at radius 3 is 2.62 bits per heavy atom. The maximum absolute atomic E-state index is 12.0. The molecule has 0 aromatic heterocycles. The zero-order chi connectivity index (χ0) is 14.8. The van der Waals surface area contributed by atoms with Gasteiger partial charge in [0.15, 0.2) is 5.17 Å². The zero-order valence-corrected chi connectivity index (χ0v) is 13.4. The molecule has 1 amide bonds. The van der Waals surface area contributed by atoms with Crippen LogP contribution in [0, 0.1) is 0 Å². The SMILES string of the molecule is C[NH+]1CCN(C2=NC(=O)C(=Cc3ccc(Cl)cc3)S2)CC1. The molecule has 110 valence electrons. The van der Waals surface area contributed by atoms with Gasteiger partial charge in [-0.2, -0.15) is 4.99 Å². The molecule has 2 heterocycles. The van der Waals surface area contributed by atoms with Crippen LogP contribution in [0.25, 0.3) is 6.08 Å². The van der Waals surface area contributed by atoms with Gasteiger partial charge in [0.2, 0.25) is 0 Å². The van der Waals surface area contributed by atoms with Gasteiger partial charge in [-0.3, -0.25) is 4.79 Å². The van der Waals surface area contributed by atoms with Crippen molar-refractivity contribution >= 4 is 40.5 Å². The summed E-state index contributed by atoms with van der Waals surface area (Å²) in [6.45, 7) is 4.09. The van der Waals surface area contributed by atoms with E-state index in [4.69, 9.17) is 11.6 Å². The largest absolute Gasteiger partial charge is 0.339 e. The Labute approximate surface area is 133 Å². The average molecular weight is 323 g/mol. The van der Waals surface area contributed by atoms with Crippen LogP contribution in [-0.2, 0) is 4.79 Å². The van der Waals surface area contributed by atoms with Crippen molar-refractivity contribution in [2.75, 3.05) is 33.2 Å². The number of thioether (sulfide) groups is 1. The number of rotatable bonds is 1. The number of piperazine rings is 1. The maximum atomic E-state index is 12.0. The van der Waals surface area contributed by atoms with Crippen LogP contribution in [0.3, 0.4) is 0 Å². The summed E-state index contributed by atoms with van der Waals surface area (Å²) in [6, 6.07) is 7.45. The number of benzene rings is 1. The number of nitrogens with one attached hydrogen (secondary N) is 1. The molecule has 1 aromatic carbocycles. The second-order valence-electron chi connectivity index (χ2n) is 5.31. The van der Waals surface area contributed by atoms with Crippen molar-refractivity contribution in [1.82, 2.24) is 4.90 Å². The lowest BCUT2D eigenvalue weighted by molar-refractivity contribution is -0.883. The van der Waals surface area contributed by atoms with Crippen LogP contribution < -0.4 is 4.90 Å². The highest BCUT2D eigenvalue weighted by Gasteiger charge is 2.28. The summed E-state index contributed by atoms with van der Waals surface area (Å²) in [7, 11) is 2.19. The molecule has 1 saturated heterocycles. The zero-order valence-electron chi connectivity index (χ0n) is 11.8. The normalized spacial score (nSPS) is 22.0. The predicted molar refractivity (Wildman–Crippen MR) is 87.7 cm³/mol. The van der Waals surface area contributed by atoms with Gasteiger partial charge in [-0.1, -0.05) is 23.7 Å². The van der Waals surface area contributed by atoms with Crippen LogP contribution in [0.5, 0.6) is 0 Å². The third-order valence-corrected chi connectivity index (χ3v) is 4.96. The van der Waals surface area contributed by atoms with Crippen molar-refractivity contribution < 1.29 is 9.69 Å². The van der Waals surface area contributed by atoms with E-state index in [1.165, 1.54) is 16.7 Å². The lowest BCUT2D eigenvalue weighted by Gasteiger charge is -2.30. The number of hydrogen-bond donors (Lipinski definition) is 1. The molecule has 1 aromatic rings. The van der Waals surface area contributed by atoms with Gasteiger partial charge in [0, 0.05) is 5.02 Å². The van der Waals surface area contributed by atoms with E-state index >= 15 is 0 Å². The number of quaternary nitrogens is 1. The van der Waals surface area contributed by atoms with Crippen molar-refractivity contribution in [3.8, 4) is 0 Å². The minimum atomic E-state index is -0.142. The van der Waals surface area contributed by atoms with E-state index in [0.29, 0.717) is 9.93 Å². The van der Waals surface area contributed by atoms with Gasteiger partial charge >= 0.3 is 0 Å². The van der Waals surface area contributed by atoms with Crippen molar-refractivity contribution in [1.29, 1.82) is 0 Å². The Hall–Kier alpha value is -1.30. The lowest BCUT2D eigenvalue weighted by Crippen LogP contribution is -3.12. The molecule has 1 N–H and O–H groups in total. The Balaban J connectivity index is 1.71. The predicted octanol–water partition coefficient (Wildman–Crippen LogP) is 1.14. The van der Waals surface area contributed by atoms with E-state index in [2.05, 4.69) is 16.9 Å². The van der Waals surface area contributed by atoms with Gasteiger partial charge in [-0.25, -0.2) is 0 Å². The molecule has 0 aliphatic carbocycles. The number of amides is 1. The van der Waals surface area contributed by atoms with Crippen LogP contribution >= 0.6 is 23.4 Å². The number of aliphatic imine (C=N–C) groups is 1. The van der Waals surface area contributed by atoms with E-state index in [-0.39, 0.29) is 5.91 Å². The standard InChI is InChI=1S/C15H16ClN3OS/c1-18-6-8-19(9-7-18)15-17-14(20)13(21-15)10-11-2-4-12(16)5-3-11/h2-5,10H,6-9H2,1H3/p+1. The van der Waals surface area contributed by atoms with Crippen LogP contribution in [-0.4, -0.2) is 49.2 Å². The number of halogens is 1. The summed E-state index contributed by atoms with van der Waals surface area (Å²) in [4.78, 5) is 20.6. The Morgan fingerprint density at radius 1 is 1.29 bits per heavy atom. The van der Waals surface area contributed by atoms with E-state index in [1.54, 1.807) is 0 Å². The van der Waals surface area contributed by atoms with E-state index < -0.39 is 0 Å². The summed E-state index contributed by atoms with van der Waals surface area (Å²) in [6.07, 6.45) is 1.88. The Bertz CT molecular complexity index is 604. The molecule has 0 atom stereocenters. The van der Waals surface area contributed by atoms with Crippen LogP contribution in [0.2, 0.25) is 5.02 Å². The molecule has 3 rings (SSSR count). The number of likely N-dealkylation sites (N-methyl/N-ethyl adjacent to an activating group) is 1. The highest BCUT2D eigenvalue weighted by Crippen LogP contribution is 2.30. The Kier molecular flexibility index (Phi) is 4.33. The molecule has 4 nitrogen and oxygen atoms in total. The second-order valence-corrected chi connectivity index (χ2v) is 6.75. The van der Waals surface area contributed by atoms with Crippen molar-refractivity contribution in [3.05, 3.63) is 39.8 Å². The third-order valence-electron chi connectivity index (χ3n) is 3.66. The molecule has 0 bridgehead atoms. The van der Waals surface area contributed by atoms with Crippen LogP contribution in [0.4, 0.5) is 0 Å². The van der Waals surface area contributed by atoms with Gasteiger partial charge < -0.3 is 9.80 Å². The Morgan fingerprint density at radius 2 is 1.95 bits per heavy atom.